The lowest BCUT2D eigenvalue weighted by Crippen LogP contribution is -2.57. The Morgan fingerprint density at radius 3 is 2.32 bits per heavy atom. The molecule has 1 saturated heterocycles. The van der Waals surface area contributed by atoms with Crippen molar-refractivity contribution >= 4 is 5.78 Å². The summed E-state index contributed by atoms with van der Waals surface area (Å²) in [6.07, 6.45) is 0.0293. The lowest BCUT2D eigenvalue weighted by molar-refractivity contribution is -0.182. The summed E-state index contributed by atoms with van der Waals surface area (Å²) in [6, 6.07) is 0. The number of hydrogen-bond donors (Lipinski definition) is 2. The van der Waals surface area contributed by atoms with Crippen molar-refractivity contribution in [2.45, 2.75) is 76.7 Å². The molecule has 1 heterocycles. The van der Waals surface area contributed by atoms with Crippen molar-refractivity contribution < 1.29 is 24.5 Å². The first-order chi connectivity index (χ1) is 9.98. The predicted molar refractivity (Wildman–Crippen MR) is 77.9 cm³/mol. The van der Waals surface area contributed by atoms with E-state index in [4.69, 9.17) is 9.47 Å². The van der Waals surface area contributed by atoms with Crippen LogP contribution >= 0.6 is 0 Å². The highest BCUT2D eigenvalue weighted by Gasteiger charge is 2.74. The maximum atomic E-state index is 13.1. The van der Waals surface area contributed by atoms with E-state index in [0.717, 1.165) is 18.4 Å². The maximum absolute atomic E-state index is 13.1. The van der Waals surface area contributed by atoms with Crippen LogP contribution in [0, 0.1) is 11.3 Å². The molecule has 0 bridgehead atoms. The summed E-state index contributed by atoms with van der Waals surface area (Å²) in [5, 5.41) is 21.9. The Labute approximate surface area is 130 Å². The number of aliphatic hydroxyl groups excluding tert-OH is 1. The fourth-order valence-electron chi connectivity index (χ4n) is 5.19. The summed E-state index contributed by atoms with van der Waals surface area (Å²) in [6.45, 7) is 8.90. The van der Waals surface area contributed by atoms with Crippen LogP contribution in [0.25, 0.3) is 0 Å². The number of ketones is 1. The molecule has 0 aromatic carbocycles. The average molecular weight is 308 g/mol. The molecule has 0 unspecified atom stereocenters. The van der Waals surface area contributed by atoms with Gasteiger partial charge in [-0.25, -0.2) is 0 Å². The minimum atomic E-state index is -1.24. The lowest BCUT2D eigenvalue weighted by atomic mass is 9.64. The molecule has 4 rings (SSSR count). The fourth-order valence-corrected chi connectivity index (χ4v) is 5.19. The number of fused-ring (bicyclic) bond motifs is 3. The van der Waals surface area contributed by atoms with Gasteiger partial charge in [0.1, 0.15) is 6.10 Å². The molecule has 0 amide bonds. The highest BCUT2D eigenvalue weighted by molar-refractivity contribution is 6.07. The van der Waals surface area contributed by atoms with Crippen molar-refractivity contribution in [1.29, 1.82) is 0 Å². The molecular formula is C17H24O5. The number of aliphatic hydroxyl groups is 2. The van der Waals surface area contributed by atoms with Gasteiger partial charge in [0.05, 0.1) is 11.7 Å². The van der Waals surface area contributed by atoms with Crippen LogP contribution in [-0.2, 0) is 14.3 Å². The summed E-state index contributed by atoms with van der Waals surface area (Å²) in [5.41, 5.74) is -1.24. The Balaban J connectivity index is 1.91. The largest absolute Gasteiger partial charge is 0.389 e. The number of hydrogen-bond acceptors (Lipinski definition) is 5. The second-order valence-electron chi connectivity index (χ2n) is 8.22. The molecule has 1 spiro atoms. The normalized spacial score (nSPS) is 51.2. The molecule has 0 aromatic rings. The Kier molecular flexibility index (Phi) is 2.47. The number of rotatable bonds is 0. The van der Waals surface area contributed by atoms with E-state index < -0.39 is 40.5 Å². The minimum Gasteiger partial charge on any atom is -0.389 e. The fraction of sp³-hybridized carbons (Fsp3) is 0.824. The molecule has 3 fully saturated rings. The summed E-state index contributed by atoms with van der Waals surface area (Å²) in [7, 11) is 0. The lowest BCUT2D eigenvalue weighted by Gasteiger charge is -2.46. The van der Waals surface area contributed by atoms with Gasteiger partial charge in [-0.15, -0.1) is 0 Å². The van der Waals surface area contributed by atoms with E-state index in [0.29, 0.717) is 5.57 Å². The summed E-state index contributed by atoms with van der Waals surface area (Å²) < 4.78 is 11.9. The van der Waals surface area contributed by atoms with E-state index in [-0.39, 0.29) is 5.78 Å². The Morgan fingerprint density at radius 1 is 1.18 bits per heavy atom. The van der Waals surface area contributed by atoms with E-state index in [1.54, 1.807) is 27.7 Å². The zero-order valence-corrected chi connectivity index (χ0v) is 13.8. The van der Waals surface area contributed by atoms with Crippen molar-refractivity contribution in [1.82, 2.24) is 0 Å². The zero-order valence-electron chi connectivity index (χ0n) is 13.8. The van der Waals surface area contributed by atoms with E-state index in [9.17, 15) is 15.0 Å². The van der Waals surface area contributed by atoms with Crippen LogP contribution in [-0.4, -0.2) is 45.2 Å². The number of carbonyl (C=O) groups excluding carboxylic acids is 1. The molecule has 22 heavy (non-hydrogen) atoms. The highest BCUT2D eigenvalue weighted by atomic mass is 16.8. The number of carbonyl (C=O) groups is 1. The molecule has 0 radical (unpaired) electrons. The molecule has 4 aliphatic rings. The van der Waals surface area contributed by atoms with Gasteiger partial charge >= 0.3 is 0 Å². The molecule has 122 valence electrons. The van der Waals surface area contributed by atoms with Crippen LogP contribution in [0.2, 0.25) is 0 Å². The quantitative estimate of drug-likeness (QED) is 0.706. The van der Waals surface area contributed by atoms with E-state index in [1.807, 2.05) is 6.92 Å². The molecule has 5 nitrogen and oxygen atoms in total. The molecule has 2 saturated carbocycles. The molecule has 3 aliphatic carbocycles. The summed E-state index contributed by atoms with van der Waals surface area (Å²) >= 11 is 0. The third kappa shape index (κ3) is 1.38. The standard InChI is InChI=1S/C17H24O5/c1-8-9-10(12(19)16(5,20)17(8)6-7-17)13-15(4,11(9)18)22-14(2,3)21-13/h10,12-13,19-20H,6-7H2,1-5H3/t10-,12-,13-,15+,16+/m1/s1. The Bertz CT molecular complexity index is 613. The monoisotopic (exact) mass is 308 g/mol. The van der Waals surface area contributed by atoms with E-state index in [2.05, 4.69) is 0 Å². The predicted octanol–water partition coefficient (Wildman–Crippen LogP) is 1.32. The molecule has 5 atom stereocenters. The second-order valence-corrected chi connectivity index (χ2v) is 8.22. The summed E-state index contributed by atoms with van der Waals surface area (Å²) in [4.78, 5) is 13.1. The average Bonchev–Trinajstić information content (AvgIpc) is 3.12. The van der Waals surface area contributed by atoms with Gasteiger partial charge in [-0.2, -0.15) is 0 Å². The third-order valence-electron chi connectivity index (χ3n) is 6.52. The maximum Gasteiger partial charge on any atom is 0.193 e. The van der Waals surface area contributed by atoms with Gasteiger partial charge in [0.2, 0.25) is 0 Å². The van der Waals surface area contributed by atoms with Gasteiger partial charge in [0.15, 0.2) is 17.2 Å². The van der Waals surface area contributed by atoms with E-state index in [1.165, 1.54) is 0 Å². The number of Topliss-reactive ketones (excluding diaryl/α,β-unsaturated/α-hetero) is 1. The first-order valence-corrected chi connectivity index (χ1v) is 8.02. The molecule has 1 aliphatic heterocycles. The van der Waals surface area contributed by atoms with Gasteiger partial charge in [0, 0.05) is 16.9 Å². The van der Waals surface area contributed by atoms with Crippen molar-refractivity contribution in [3.8, 4) is 0 Å². The first-order valence-electron chi connectivity index (χ1n) is 8.02. The minimum absolute atomic E-state index is 0.0913. The second kappa shape index (κ2) is 3.66. The van der Waals surface area contributed by atoms with Gasteiger partial charge in [-0.05, 0) is 47.5 Å². The van der Waals surface area contributed by atoms with Crippen LogP contribution in [0.4, 0.5) is 0 Å². The Hall–Kier alpha value is -0.750. The number of ether oxygens (including phenoxy) is 2. The van der Waals surface area contributed by atoms with Crippen molar-refractivity contribution in [3.05, 3.63) is 11.1 Å². The van der Waals surface area contributed by atoms with Crippen LogP contribution in [0.5, 0.6) is 0 Å². The molecule has 5 heteroatoms. The van der Waals surface area contributed by atoms with Crippen molar-refractivity contribution in [2.24, 2.45) is 11.3 Å². The van der Waals surface area contributed by atoms with Crippen LogP contribution in [0.1, 0.15) is 47.5 Å². The van der Waals surface area contributed by atoms with Crippen molar-refractivity contribution in [3.63, 3.8) is 0 Å². The SMILES string of the molecule is CC1=C2C(=O)[C@]3(C)OC(C)(C)O[C@@H]3[C@H]2[C@@H](O)[C@](C)(O)C12CC2. The first kappa shape index (κ1) is 14.8. The van der Waals surface area contributed by atoms with Crippen LogP contribution in [0.15, 0.2) is 11.1 Å². The smallest absolute Gasteiger partial charge is 0.193 e. The van der Waals surface area contributed by atoms with Crippen LogP contribution < -0.4 is 0 Å². The summed E-state index contributed by atoms with van der Waals surface area (Å²) in [5.74, 6) is -1.48. The van der Waals surface area contributed by atoms with Gasteiger partial charge < -0.3 is 19.7 Å². The third-order valence-corrected chi connectivity index (χ3v) is 6.52. The zero-order chi connectivity index (χ0) is 16.3. The van der Waals surface area contributed by atoms with E-state index >= 15 is 0 Å². The Morgan fingerprint density at radius 2 is 1.77 bits per heavy atom. The highest BCUT2D eigenvalue weighted by Crippen LogP contribution is 2.67. The molecular weight excluding hydrogens is 284 g/mol. The van der Waals surface area contributed by atoms with Crippen LogP contribution in [0.3, 0.4) is 0 Å². The van der Waals surface area contributed by atoms with Gasteiger partial charge in [-0.3, -0.25) is 4.79 Å². The van der Waals surface area contributed by atoms with Crippen molar-refractivity contribution in [2.75, 3.05) is 0 Å². The molecule has 2 N–H and O–H groups in total. The van der Waals surface area contributed by atoms with Gasteiger partial charge in [-0.1, -0.05) is 5.57 Å². The topological polar surface area (TPSA) is 76.0 Å². The van der Waals surface area contributed by atoms with Gasteiger partial charge in [0.25, 0.3) is 0 Å². The molecule has 0 aromatic heterocycles.